The summed E-state index contributed by atoms with van der Waals surface area (Å²) in [6.45, 7) is 1.80. The van der Waals surface area contributed by atoms with Crippen LogP contribution in [-0.2, 0) is 0 Å². The van der Waals surface area contributed by atoms with Crippen LogP contribution in [0.1, 0.15) is 5.69 Å². The first-order valence-electron chi connectivity index (χ1n) is 6.88. The predicted molar refractivity (Wildman–Crippen MR) is 83.1 cm³/mol. The first-order chi connectivity index (χ1) is 11.1. The van der Waals surface area contributed by atoms with Crippen molar-refractivity contribution < 1.29 is 19.7 Å². The van der Waals surface area contributed by atoms with E-state index in [1.54, 1.807) is 37.3 Å². The van der Waals surface area contributed by atoms with Gasteiger partial charge in [0.15, 0.2) is 0 Å². The minimum atomic E-state index is 0.143. The summed E-state index contributed by atoms with van der Waals surface area (Å²) >= 11 is 0. The summed E-state index contributed by atoms with van der Waals surface area (Å²) in [5.74, 6) is 1.68. The van der Waals surface area contributed by atoms with E-state index in [1.807, 2.05) is 0 Å². The molecule has 1 aromatic heterocycles. The first kappa shape index (κ1) is 14.6. The zero-order valence-electron chi connectivity index (χ0n) is 12.3. The highest BCUT2D eigenvalue weighted by Crippen LogP contribution is 2.26. The van der Waals surface area contributed by atoms with Crippen molar-refractivity contribution in [1.29, 1.82) is 0 Å². The number of ether oxygens (including phenoxy) is 2. The van der Waals surface area contributed by atoms with E-state index in [1.165, 1.54) is 24.3 Å². The summed E-state index contributed by atoms with van der Waals surface area (Å²) in [5, 5.41) is 18.5. The molecule has 6 nitrogen and oxygen atoms in total. The maximum Gasteiger partial charge on any atom is 0.325 e. The third kappa shape index (κ3) is 3.88. The number of phenolic OH excluding ortho intramolecular Hbond substituents is 2. The minimum Gasteiger partial charge on any atom is -0.508 e. The Labute approximate surface area is 132 Å². The van der Waals surface area contributed by atoms with E-state index in [0.29, 0.717) is 23.1 Å². The van der Waals surface area contributed by atoms with Gasteiger partial charge in [0.05, 0.1) is 0 Å². The average molecular weight is 310 g/mol. The molecule has 3 rings (SSSR count). The number of rotatable bonds is 4. The minimum absolute atomic E-state index is 0.143. The SMILES string of the molecule is Cc1cc(Oc2ccc(O)cc2)nc(Oc2ccc(O)cc2)n1. The Hall–Kier alpha value is -3.28. The van der Waals surface area contributed by atoms with Crippen molar-refractivity contribution in [3.8, 4) is 34.9 Å². The molecule has 1 heterocycles. The highest BCUT2D eigenvalue weighted by molar-refractivity contribution is 5.34. The van der Waals surface area contributed by atoms with Gasteiger partial charge >= 0.3 is 6.01 Å². The number of benzene rings is 2. The third-order valence-corrected chi connectivity index (χ3v) is 2.92. The van der Waals surface area contributed by atoms with Crippen LogP contribution in [0.15, 0.2) is 54.6 Å². The van der Waals surface area contributed by atoms with Gasteiger partial charge in [0, 0.05) is 11.8 Å². The van der Waals surface area contributed by atoms with Crippen molar-refractivity contribution in [1.82, 2.24) is 9.97 Å². The largest absolute Gasteiger partial charge is 0.508 e. The molecule has 0 fully saturated rings. The van der Waals surface area contributed by atoms with Crippen molar-refractivity contribution in [2.45, 2.75) is 6.92 Å². The zero-order chi connectivity index (χ0) is 16.2. The Kier molecular flexibility index (Phi) is 3.97. The van der Waals surface area contributed by atoms with Gasteiger partial charge in [-0.25, -0.2) is 0 Å². The van der Waals surface area contributed by atoms with E-state index in [2.05, 4.69) is 9.97 Å². The lowest BCUT2D eigenvalue weighted by atomic mass is 10.3. The Morgan fingerprint density at radius 2 is 1.26 bits per heavy atom. The molecule has 0 saturated carbocycles. The molecule has 116 valence electrons. The van der Waals surface area contributed by atoms with Gasteiger partial charge in [0.1, 0.15) is 23.0 Å². The molecule has 0 saturated heterocycles. The molecule has 0 aliphatic heterocycles. The van der Waals surface area contributed by atoms with Crippen molar-refractivity contribution in [3.63, 3.8) is 0 Å². The van der Waals surface area contributed by atoms with Crippen LogP contribution in [-0.4, -0.2) is 20.2 Å². The van der Waals surface area contributed by atoms with Crippen molar-refractivity contribution in [2.24, 2.45) is 0 Å². The molecular weight excluding hydrogens is 296 g/mol. The highest BCUT2D eigenvalue weighted by atomic mass is 16.5. The summed E-state index contributed by atoms with van der Waals surface area (Å²) < 4.78 is 11.2. The van der Waals surface area contributed by atoms with Crippen LogP contribution in [0.5, 0.6) is 34.9 Å². The lowest BCUT2D eigenvalue weighted by Crippen LogP contribution is -1.96. The fourth-order valence-electron chi connectivity index (χ4n) is 1.87. The van der Waals surface area contributed by atoms with E-state index < -0.39 is 0 Å². The highest BCUT2D eigenvalue weighted by Gasteiger charge is 2.07. The van der Waals surface area contributed by atoms with Gasteiger partial charge in [0.2, 0.25) is 5.88 Å². The fraction of sp³-hybridized carbons (Fsp3) is 0.0588. The second kappa shape index (κ2) is 6.23. The van der Waals surface area contributed by atoms with Crippen molar-refractivity contribution >= 4 is 0 Å². The third-order valence-electron chi connectivity index (χ3n) is 2.92. The number of nitrogens with zero attached hydrogens (tertiary/aromatic N) is 2. The maximum absolute atomic E-state index is 9.28. The number of hydrogen-bond donors (Lipinski definition) is 2. The number of hydrogen-bond acceptors (Lipinski definition) is 6. The van der Waals surface area contributed by atoms with Gasteiger partial charge in [0.25, 0.3) is 0 Å². The number of aryl methyl sites for hydroxylation is 1. The lowest BCUT2D eigenvalue weighted by molar-refractivity contribution is 0.407. The summed E-state index contributed by atoms with van der Waals surface area (Å²) in [6.07, 6.45) is 0. The van der Waals surface area contributed by atoms with Gasteiger partial charge in [-0.3, -0.25) is 0 Å². The maximum atomic E-state index is 9.28. The van der Waals surface area contributed by atoms with E-state index in [9.17, 15) is 10.2 Å². The van der Waals surface area contributed by atoms with E-state index >= 15 is 0 Å². The fourth-order valence-corrected chi connectivity index (χ4v) is 1.87. The van der Waals surface area contributed by atoms with Crippen molar-refractivity contribution in [2.75, 3.05) is 0 Å². The molecule has 0 unspecified atom stereocenters. The Bertz CT molecular complexity index is 736. The monoisotopic (exact) mass is 310 g/mol. The smallest absolute Gasteiger partial charge is 0.325 e. The van der Waals surface area contributed by atoms with Crippen LogP contribution in [0.25, 0.3) is 0 Å². The molecule has 0 bridgehead atoms. The van der Waals surface area contributed by atoms with Crippen LogP contribution >= 0.6 is 0 Å². The number of aromatic nitrogens is 2. The molecule has 0 radical (unpaired) electrons. The topological polar surface area (TPSA) is 84.7 Å². The average Bonchev–Trinajstić information content (AvgIpc) is 2.51. The van der Waals surface area contributed by atoms with Crippen LogP contribution in [0.2, 0.25) is 0 Å². The molecule has 0 amide bonds. The van der Waals surface area contributed by atoms with Gasteiger partial charge in [-0.05, 0) is 55.5 Å². The van der Waals surface area contributed by atoms with E-state index in [-0.39, 0.29) is 17.5 Å². The summed E-state index contributed by atoms with van der Waals surface area (Å²) in [6, 6.07) is 14.4. The second-order valence-electron chi connectivity index (χ2n) is 4.82. The Morgan fingerprint density at radius 1 is 0.739 bits per heavy atom. The normalized spacial score (nSPS) is 10.3. The Balaban J connectivity index is 1.81. The predicted octanol–water partition coefficient (Wildman–Crippen LogP) is 3.78. The molecule has 0 aliphatic carbocycles. The second-order valence-corrected chi connectivity index (χ2v) is 4.82. The molecule has 2 aromatic carbocycles. The van der Waals surface area contributed by atoms with Crippen LogP contribution in [0, 0.1) is 6.92 Å². The molecule has 23 heavy (non-hydrogen) atoms. The molecule has 3 aromatic rings. The van der Waals surface area contributed by atoms with Gasteiger partial charge in [-0.2, -0.15) is 9.97 Å². The van der Waals surface area contributed by atoms with Crippen LogP contribution in [0.3, 0.4) is 0 Å². The lowest BCUT2D eigenvalue weighted by Gasteiger charge is -2.08. The summed E-state index contributed by atoms with van der Waals surface area (Å²) in [4.78, 5) is 8.38. The Morgan fingerprint density at radius 3 is 1.83 bits per heavy atom. The van der Waals surface area contributed by atoms with E-state index in [4.69, 9.17) is 9.47 Å². The van der Waals surface area contributed by atoms with Crippen LogP contribution < -0.4 is 9.47 Å². The molecular formula is C17H14N2O4. The van der Waals surface area contributed by atoms with Gasteiger partial charge in [-0.1, -0.05) is 0 Å². The summed E-state index contributed by atoms with van der Waals surface area (Å²) in [7, 11) is 0. The van der Waals surface area contributed by atoms with E-state index in [0.717, 1.165) is 0 Å². The standard InChI is InChI=1S/C17H14N2O4/c1-11-10-16(22-14-6-2-12(20)3-7-14)19-17(18-11)23-15-8-4-13(21)5-9-15/h2-10,20-21H,1H3. The summed E-state index contributed by atoms with van der Waals surface area (Å²) in [5.41, 5.74) is 0.683. The molecule has 2 N–H and O–H groups in total. The van der Waals surface area contributed by atoms with Gasteiger partial charge in [-0.15, -0.1) is 0 Å². The number of phenols is 2. The molecule has 6 heteroatoms. The molecule has 0 atom stereocenters. The van der Waals surface area contributed by atoms with Gasteiger partial charge < -0.3 is 19.7 Å². The molecule has 0 spiro atoms. The van der Waals surface area contributed by atoms with Crippen molar-refractivity contribution in [3.05, 3.63) is 60.3 Å². The number of aromatic hydroxyl groups is 2. The first-order valence-corrected chi connectivity index (χ1v) is 6.88. The zero-order valence-corrected chi connectivity index (χ0v) is 12.3. The molecule has 0 aliphatic rings. The quantitative estimate of drug-likeness (QED) is 0.763. The van der Waals surface area contributed by atoms with Crippen LogP contribution in [0.4, 0.5) is 0 Å².